The monoisotopic (exact) mass is 276 g/mol. The van der Waals surface area contributed by atoms with E-state index in [1.807, 2.05) is 24.3 Å². The fourth-order valence-corrected chi connectivity index (χ4v) is 2.03. The van der Waals surface area contributed by atoms with E-state index in [0.29, 0.717) is 11.3 Å². The first-order valence-electron chi connectivity index (χ1n) is 6.47. The van der Waals surface area contributed by atoms with Crippen LogP contribution in [0.25, 0.3) is 10.9 Å². The van der Waals surface area contributed by atoms with Crippen LogP contribution < -0.4 is 4.74 Å². The highest BCUT2D eigenvalue weighted by atomic mass is 16.5. The molecule has 0 unspecified atom stereocenters. The molecule has 1 N–H and O–H groups in total. The standard InChI is InChI=1S/C17H12N2O2/c18-10-14-9-13-3-1-2-4-16(13)19-17(14)21-15-7-5-12(11-20)6-8-15/h1-9,20H,11H2. The van der Waals surface area contributed by atoms with E-state index in [-0.39, 0.29) is 12.5 Å². The predicted molar refractivity (Wildman–Crippen MR) is 78.9 cm³/mol. The number of nitrogens with zero attached hydrogens (tertiary/aromatic N) is 2. The first-order chi connectivity index (χ1) is 10.3. The molecule has 4 heteroatoms. The van der Waals surface area contributed by atoms with E-state index >= 15 is 0 Å². The number of rotatable bonds is 3. The second-order valence-corrected chi connectivity index (χ2v) is 4.55. The third kappa shape index (κ3) is 2.69. The largest absolute Gasteiger partial charge is 0.438 e. The maximum absolute atomic E-state index is 9.24. The van der Waals surface area contributed by atoms with Gasteiger partial charge in [-0.25, -0.2) is 4.98 Å². The molecule has 0 aliphatic rings. The summed E-state index contributed by atoms with van der Waals surface area (Å²) in [5.74, 6) is 0.861. The molecular weight excluding hydrogens is 264 g/mol. The molecule has 3 rings (SSSR count). The number of aliphatic hydroxyl groups excluding tert-OH is 1. The third-order valence-electron chi connectivity index (χ3n) is 3.13. The Morgan fingerprint density at radius 3 is 2.57 bits per heavy atom. The van der Waals surface area contributed by atoms with Crippen molar-refractivity contribution in [3.8, 4) is 17.7 Å². The van der Waals surface area contributed by atoms with E-state index in [2.05, 4.69) is 11.1 Å². The van der Waals surface area contributed by atoms with Gasteiger partial charge in [-0.1, -0.05) is 30.3 Å². The Labute approximate surface area is 121 Å². The number of para-hydroxylation sites is 1. The number of benzene rings is 2. The Bertz CT molecular complexity index is 820. The van der Waals surface area contributed by atoms with Crippen molar-refractivity contribution in [3.05, 3.63) is 65.7 Å². The van der Waals surface area contributed by atoms with Crippen molar-refractivity contribution in [1.29, 1.82) is 5.26 Å². The Morgan fingerprint density at radius 2 is 1.86 bits per heavy atom. The molecule has 0 aliphatic carbocycles. The van der Waals surface area contributed by atoms with Gasteiger partial charge >= 0.3 is 0 Å². The van der Waals surface area contributed by atoms with Crippen LogP contribution in [0.5, 0.6) is 11.6 Å². The molecule has 1 aromatic heterocycles. The number of fused-ring (bicyclic) bond motifs is 1. The van der Waals surface area contributed by atoms with Crippen molar-refractivity contribution >= 4 is 10.9 Å². The average molecular weight is 276 g/mol. The predicted octanol–water partition coefficient (Wildman–Crippen LogP) is 3.39. The molecule has 21 heavy (non-hydrogen) atoms. The summed E-state index contributed by atoms with van der Waals surface area (Å²) in [6.07, 6.45) is 0. The van der Waals surface area contributed by atoms with Crippen molar-refractivity contribution in [3.63, 3.8) is 0 Å². The molecule has 0 saturated carbocycles. The molecule has 3 aromatic rings. The van der Waals surface area contributed by atoms with E-state index in [4.69, 9.17) is 9.84 Å². The maximum atomic E-state index is 9.24. The zero-order valence-corrected chi connectivity index (χ0v) is 11.2. The molecule has 102 valence electrons. The minimum absolute atomic E-state index is 0.0159. The first kappa shape index (κ1) is 13.1. The van der Waals surface area contributed by atoms with Crippen molar-refractivity contribution < 1.29 is 9.84 Å². The maximum Gasteiger partial charge on any atom is 0.237 e. The van der Waals surface area contributed by atoms with Gasteiger partial charge in [-0.05, 0) is 29.8 Å². The van der Waals surface area contributed by atoms with Gasteiger partial charge in [-0.3, -0.25) is 0 Å². The van der Waals surface area contributed by atoms with Gasteiger partial charge < -0.3 is 9.84 Å². The Kier molecular flexibility index (Phi) is 3.50. The summed E-state index contributed by atoms with van der Waals surface area (Å²) in [6, 6.07) is 18.4. The Hall–Kier alpha value is -2.90. The van der Waals surface area contributed by atoms with E-state index in [1.54, 1.807) is 30.3 Å². The third-order valence-corrected chi connectivity index (χ3v) is 3.13. The van der Waals surface area contributed by atoms with Crippen molar-refractivity contribution in [1.82, 2.24) is 4.98 Å². The minimum atomic E-state index is -0.0159. The normalized spacial score (nSPS) is 10.3. The molecule has 0 atom stereocenters. The number of hydrogen-bond donors (Lipinski definition) is 1. The smallest absolute Gasteiger partial charge is 0.237 e. The number of ether oxygens (including phenoxy) is 1. The van der Waals surface area contributed by atoms with Gasteiger partial charge in [-0.2, -0.15) is 5.26 Å². The fourth-order valence-electron chi connectivity index (χ4n) is 2.03. The van der Waals surface area contributed by atoms with Crippen LogP contribution >= 0.6 is 0 Å². The molecule has 0 bridgehead atoms. The molecule has 0 saturated heterocycles. The summed E-state index contributed by atoms with van der Waals surface area (Å²) in [6.45, 7) is -0.0159. The first-order valence-corrected chi connectivity index (χ1v) is 6.47. The highest BCUT2D eigenvalue weighted by Crippen LogP contribution is 2.26. The van der Waals surface area contributed by atoms with E-state index < -0.39 is 0 Å². The number of pyridine rings is 1. The molecule has 0 amide bonds. The summed E-state index contributed by atoms with van der Waals surface area (Å²) in [4.78, 5) is 4.39. The van der Waals surface area contributed by atoms with Gasteiger partial charge in [0, 0.05) is 5.39 Å². The molecule has 4 nitrogen and oxygen atoms in total. The molecule has 2 aromatic carbocycles. The van der Waals surface area contributed by atoms with Crippen LogP contribution in [0.2, 0.25) is 0 Å². The Balaban J connectivity index is 2.00. The lowest BCUT2D eigenvalue weighted by Gasteiger charge is -2.08. The van der Waals surface area contributed by atoms with Crippen LogP contribution in [0.3, 0.4) is 0 Å². The topological polar surface area (TPSA) is 66.1 Å². The highest BCUT2D eigenvalue weighted by molar-refractivity contribution is 5.81. The van der Waals surface area contributed by atoms with E-state index in [9.17, 15) is 5.26 Å². The lowest BCUT2D eigenvalue weighted by Crippen LogP contribution is -1.93. The SMILES string of the molecule is N#Cc1cc2ccccc2nc1Oc1ccc(CO)cc1. The number of nitriles is 1. The van der Waals surface area contributed by atoms with Crippen LogP contribution in [0, 0.1) is 11.3 Å². The number of aliphatic hydroxyl groups is 1. The van der Waals surface area contributed by atoms with Crippen molar-refractivity contribution in [2.45, 2.75) is 6.61 Å². The molecule has 0 aliphatic heterocycles. The minimum Gasteiger partial charge on any atom is -0.438 e. The lowest BCUT2D eigenvalue weighted by atomic mass is 10.1. The van der Waals surface area contributed by atoms with Gasteiger partial charge in [-0.15, -0.1) is 0 Å². The average Bonchev–Trinajstić information content (AvgIpc) is 2.55. The summed E-state index contributed by atoms with van der Waals surface area (Å²) < 4.78 is 5.69. The molecule has 1 heterocycles. The van der Waals surface area contributed by atoms with Gasteiger partial charge in [0.25, 0.3) is 0 Å². The molecule has 0 fully saturated rings. The van der Waals surface area contributed by atoms with E-state index in [0.717, 1.165) is 16.5 Å². The Morgan fingerprint density at radius 1 is 1.10 bits per heavy atom. The summed E-state index contributed by atoms with van der Waals surface area (Å²) in [5, 5.41) is 19.2. The van der Waals surface area contributed by atoms with Gasteiger partial charge in [0.1, 0.15) is 17.4 Å². The van der Waals surface area contributed by atoms with Gasteiger partial charge in [0.05, 0.1) is 12.1 Å². The van der Waals surface area contributed by atoms with Gasteiger partial charge in [0.15, 0.2) is 0 Å². The van der Waals surface area contributed by atoms with Crippen molar-refractivity contribution in [2.24, 2.45) is 0 Å². The van der Waals surface area contributed by atoms with Crippen molar-refractivity contribution in [2.75, 3.05) is 0 Å². The highest BCUT2D eigenvalue weighted by Gasteiger charge is 2.09. The van der Waals surface area contributed by atoms with Crippen LogP contribution in [0.4, 0.5) is 0 Å². The second kappa shape index (κ2) is 5.61. The number of aromatic nitrogens is 1. The van der Waals surface area contributed by atoms with Crippen LogP contribution in [0.1, 0.15) is 11.1 Å². The zero-order chi connectivity index (χ0) is 14.7. The summed E-state index contributed by atoms with van der Waals surface area (Å²) >= 11 is 0. The molecule has 0 spiro atoms. The van der Waals surface area contributed by atoms with Crippen LogP contribution in [-0.4, -0.2) is 10.1 Å². The fraction of sp³-hybridized carbons (Fsp3) is 0.0588. The van der Waals surface area contributed by atoms with Crippen LogP contribution in [-0.2, 0) is 6.61 Å². The number of hydrogen-bond acceptors (Lipinski definition) is 4. The quantitative estimate of drug-likeness (QED) is 0.796. The second-order valence-electron chi connectivity index (χ2n) is 4.55. The summed E-state index contributed by atoms with van der Waals surface area (Å²) in [7, 11) is 0. The zero-order valence-electron chi connectivity index (χ0n) is 11.2. The van der Waals surface area contributed by atoms with E-state index in [1.165, 1.54) is 0 Å². The molecular formula is C17H12N2O2. The summed E-state index contributed by atoms with van der Waals surface area (Å²) in [5.41, 5.74) is 1.97. The molecule has 0 radical (unpaired) electrons. The lowest BCUT2D eigenvalue weighted by molar-refractivity contribution is 0.281. The van der Waals surface area contributed by atoms with Crippen LogP contribution in [0.15, 0.2) is 54.6 Å². The van der Waals surface area contributed by atoms with Gasteiger partial charge in [0.2, 0.25) is 5.88 Å².